The first-order valence-electron chi connectivity index (χ1n) is 10.1. The maximum Gasteiger partial charge on any atom is 0.225 e. The standard InChI is InChI=1S/C24H25FN2O2/c1-17(28)27-15-12-20-4-2-3-5-22(20)23(27)16-24(29)26-13-10-19(11-14-26)18-6-8-21(25)9-7-18/h2-9,12,15,19,23H,10-11,13-14,16H2,1H3. The second kappa shape index (κ2) is 8.19. The number of carbonyl (C=O) groups excluding carboxylic acids is 2. The minimum Gasteiger partial charge on any atom is -0.343 e. The molecular formula is C24H25FN2O2. The highest BCUT2D eigenvalue weighted by Crippen LogP contribution is 2.34. The van der Waals surface area contributed by atoms with E-state index in [1.165, 1.54) is 19.1 Å². The molecule has 0 bridgehead atoms. The van der Waals surface area contributed by atoms with Gasteiger partial charge in [0.15, 0.2) is 0 Å². The quantitative estimate of drug-likeness (QED) is 0.772. The van der Waals surface area contributed by atoms with E-state index in [4.69, 9.17) is 0 Å². The number of hydrogen-bond donors (Lipinski definition) is 0. The molecule has 5 heteroatoms. The molecular weight excluding hydrogens is 367 g/mol. The summed E-state index contributed by atoms with van der Waals surface area (Å²) in [5.74, 6) is 0.136. The van der Waals surface area contributed by atoms with E-state index >= 15 is 0 Å². The Balaban J connectivity index is 1.43. The van der Waals surface area contributed by atoms with Crippen LogP contribution in [-0.2, 0) is 9.59 Å². The normalized spacial score (nSPS) is 19.2. The Bertz CT molecular complexity index is 930. The van der Waals surface area contributed by atoms with Gasteiger partial charge in [0.05, 0.1) is 12.5 Å². The lowest BCUT2D eigenvalue weighted by Crippen LogP contribution is -2.41. The molecule has 1 saturated heterocycles. The summed E-state index contributed by atoms with van der Waals surface area (Å²) in [6, 6.07) is 14.3. The van der Waals surface area contributed by atoms with E-state index in [9.17, 15) is 14.0 Å². The van der Waals surface area contributed by atoms with Crippen LogP contribution in [0.3, 0.4) is 0 Å². The van der Waals surface area contributed by atoms with Gasteiger partial charge in [-0.15, -0.1) is 0 Å². The summed E-state index contributed by atoms with van der Waals surface area (Å²) in [5.41, 5.74) is 3.20. The van der Waals surface area contributed by atoms with Crippen molar-refractivity contribution < 1.29 is 14.0 Å². The SMILES string of the molecule is CC(=O)N1C=Cc2ccccc2C1CC(=O)N1CCC(c2ccc(F)cc2)CC1. The van der Waals surface area contributed by atoms with Gasteiger partial charge >= 0.3 is 0 Å². The van der Waals surface area contributed by atoms with Crippen molar-refractivity contribution in [1.29, 1.82) is 0 Å². The molecule has 2 aromatic carbocycles. The minimum absolute atomic E-state index is 0.0661. The molecule has 0 N–H and O–H groups in total. The van der Waals surface area contributed by atoms with Crippen LogP contribution in [0.5, 0.6) is 0 Å². The molecule has 29 heavy (non-hydrogen) atoms. The van der Waals surface area contributed by atoms with Gasteiger partial charge in [0, 0.05) is 26.2 Å². The molecule has 1 unspecified atom stereocenters. The zero-order valence-corrected chi connectivity index (χ0v) is 16.6. The Morgan fingerprint density at radius 2 is 1.72 bits per heavy atom. The number of hydrogen-bond acceptors (Lipinski definition) is 2. The monoisotopic (exact) mass is 392 g/mol. The van der Waals surface area contributed by atoms with Crippen LogP contribution in [0.15, 0.2) is 54.7 Å². The first-order valence-corrected chi connectivity index (χ1v) is 10.1. The Morgan fingerprint density at radius 3 is 2.41 bits per heavy atom. The minimum atomic E-state index is -0.268. The fourth-order valence-electron chi connectivity index (χ4n) is 4.40. The van der Waals surface area contributed by atoms with E-state index < -0.39 is 0 Å². The summed E-state index contributed by atoms with van der Waals surface area (Å²) in [7, 11) is 0. The molecule has 4 rings (SSSR count). The molecule has 4 nitrogen and oxygen atoms in total. The van der Waals surface area contributed by atoms with Crippen LogP contribution in [0, 0.1) is 5.82 Å². The van der Waals surface area contributed by atoms with Crippen LogP contribution in [0.2, 0.25) is 0 Å². The van der Waals surface area contributed by atoms with Gasteiger partial charge in [-0.25, -0.2) is 4.39 Å². The molecule has 2 heterocycles. The van der Waals surface area contributed by atoms with E-state index in [2.05, 4.69) is 0 Å². The maximum absolute atomic E-state index is 13.2. The molecule has 0 spiro atoms. The average molecular weight is 392 g/mol. The van der Waals surface area contributed by atoms with Crippen LogP contribution >= 0.6 is 0 Å². The number of likely N-dealkylation sites (tertiary alicyclic amines) is 1. The number of fused-ring (bicyclic) bond motifs is 1. The second-order valence-corrected chi connectivity index (χ2v) is 7.80. The van der Waals surface area contributed by atoms with Gasteiger partial charge in [-0.3, -0.25) is 9.59 Å². The van der Waals surface area contributed by atoms with Crippen LogP contribution < -0.4 is 0 Å². The van der Waals surface area contributed by atoms with Crippen LogP contribution in [0.1, 0.15) is 54.8 Å². The molecule has 1 atom stereocenters. The van der Waals surface area contributed by atoms with Gasteiger partial charge < -0.3 is 9.80 Å². The fraction of sp³-hybridized carbons (Fsp3) is 0.333. The number of carbonyl (C=O) groups is 2. The van der Waals surface area contributed by atoms with Gasteiger partial charge in [-0.2, -0.15) is 0 Å². The Hall–Kier alpha value is -2.95. The molecule has 150 valence electrons. The summed E-state index contributed by atoms with van der Waals surface area (Å²) in [5, 5.41) is 0. The zero-order valence-electron chi connectivity index (χ0n) is 16.6. The number of halogens is 1. The summed E-state index contributed by atoms with van der Waals surface area (Å²) >= 11 is 0. The van der Waals surface area contributed by atoms with Crippen molar-refractivity contribution in [3.05, 3.63) is 77.2 Å². The van der Waals surface area contributed by atoms with E-state index in [-0.39, 0.29) is 30.1 Å². The predicted molar refractivity (Wildman–Crippen MR) is 110 cm³/mol. The van der Waals surface area contributed by atoms with Crippen molar-refractivity contribution in [3.63, 3.8) is 0 Å². The predicted octanol–water partition coefficient (Wildman–Crippen LogP) is 4.50. The van der Waals surface area contributed by atoms with Gasteiger partial charge in [-0.05, 0) is 53.7 Å². The largest absolute Gasteiger partial charge is 0.343 e. The molecule has 0 aliphatic carbocycles. The molecule has 2 aromatic rings. The van der Waals surface area contributed by atoms with Crippen molar-refractivity contribution in [2.45, 2.75) is 38.1 Å². The highest BCUT2D eigenvalue weighted by molar-refractivity contribution is 5.82. The summed E-state index contributed by atoms with van der Waals surface area (Å²) < 4.78 is 13.2. The number of nitrogens with zero attached hydrogens (tertiary/aromatic N) is 2. The van der Waals surface area contributed by atoms with E-state index in [1.54, 1.807) is 11.1 Å². The zero-order chi connectivity index (χ0) is 20.4. The second-order valence-electron chi connectivity index (χ2n) is 7.80. The molecule has 0 aromatic heterocycles. The number of amides is 2. The third-order valence-corrected chi connectivity index (χ3v) is 6.03. The number of rotatable bonds is 3. The summed E-state index contributed by atoms with van der Waals surface area (Å²) in [4.78, 5) is 28.7. The summed E-state index contributed by atoms with van der Waals surface area (Å²) in [6.45, 7) is 2.90. The lowest BCUT2D eigenvalue weighted by molar-refractivity contribution is -0.135. The van der Waals surface area contributed by atoms with Crippen LogP contribution in [0.25, 0.3) is 6.08 Å². The van der Waals surface area contributed by atoms with Gasteiger partial charge in [0.25, 0.3) is 0 Å². The summed E-state index contributed by atoms with van der Waals surface area (Å²) in [6.07, 6.45) is 5.72. The van der Waals surface area contributed by atoms with Crippen molar-refractivity contribution in [2.75, 3.05) is 13.1 Å². The lowest BCUT2D eigenvalue weighted by atomic mass is 9.88. The van der Waals surface area contributed by atoms with Crippen LogP contribution in [-0.4, -0.2) is 34.7 Å². The molecule has 2 aliphatic rings. The van der Waals surface area contributed by atoms with E-state index in [0.29, 0.717) is 19.0 Å². The van der Waals surface area contributed by atoms with Crippen molar-refractivity contribution in [2.24, 2.45) is 0 Å². The third kappa shape index (κ3) is 4.09. The smallest absolute Gasteiger partial charge is 0.225 e. The molecule has 2 amide bonds. The molecule has 0 saturated carbocycles. The highest BCUT2D eigenvalue weighted by atomic mass is 19.1. The first-order chi connectivity index (χ1) is 14.0. The Kier molecular flexibility index (Phi) is 5.47. The maximum atomic E-state index is 13.2. The third-order valence-electron chi connectivity index (χ3n) is 6.03. The number of piperidine rings is 1. The van der Waals surface area contributed by atoms with Crippen molar-refractivity contribution in [3.8, 4) is 0 Å². The van der Waals surface area contributed by atoms with Crippen molar-refractivity contribution >= 4 is 17.9 Å². The Morgan fingerprint density at radius 1 is 1.03 bits per heavy atom. The Labute approximate surface area is 170 Å². The molecule has 2 aliphatic heterocycles. The van der Waals surface area contributed by atoms with Gasteiger partial charge in [0.2, 0.25) is 11.8 Å². The average Bonchev–Trinajstić information content (AvgIpc) is 2.74. The number of benzene rings is 2. The van der Waals surface area contributed by atoms with E-state index in [1.807, 2.05) is 47.4 Å². The van der Waals surface area contributed by atoms with Crippen molar-refractivity contribution in [1.82, 2.24) is 9.80 Å². The topological polar surface area (TPSA) is 40.6 Å². The van der Waals surface area contributed by atoms with Gasteiger partial charge in [-0.1, -0.05) is 36.4 Å². The molecule has 1 fully saturated rings. The van der Waals surface area contributed by atoms with Gasteiger partial charge in [0.1, 0.15) is 5.82 Å². The fourth-order valence-corrected chi connectivity index (χ4v) is 4.40. The lowest BCUT2D eigenvalue weighted by Gasteiger charge is -2.36. The molecule has 0 radical (unpaired) electrons. The highest BCUT2D eigenvalue weighted by Gasteiger charge is 2.31. The first kappa shape index (κ1) is 19.4. The van der Waals surface area contributed by atoms with E-state index in [0.717, 1.165) is 29.5 Å². The van der Waals surface area contributed by atoms with Crippen LogP contribution in [0.4, 0.5) is 4.39 Å².